The van der Waals surface area contributed by atoms with Crippen LogP contribution in [-0.4, -0.2) is 28.1 Å². The van der Waals surface area contributed by atoms with Crippen LogP contribution in [0.5, 0.6) is 0 Å². The standard InChI is InChI=1S/C11H17BrN2O2S/c1-3-13-7-8-14-17(15,16)10-6-4-5-9(2)11(10)12/h4-6,13-14H,3,7-8H2,1-2H3. The molecular weight excluding hydrogens is 304 g/mol. The van der Waals surface area contributed by atoms with Crippen molar-refractivity contribution in [2.45, 2.75) is 18.7 Å². The summed E-state index contributed by atoms with van der Waals surface area (Å²) in [4.78, 5) is 0.286. The lowest BCUT2D eigenvalue weighted by molar-refractivity contribution is 0.577. The summed E-state index contributed by atoms with van der Waals surface area (Å²) in [7, 11) is -3.43. The average Bonchev–Trinajstić information content (AvgIpc) is 2.28. The highest BCUT2D eigenvalue weighted by Crippen LogP contribution is 2.24. The van der Waals surface area contributed by atoms with E-state index in [-0.39, 0.29) is 4.90 Å². The number of sulfonamides is 1. The van der Waals surface area contributed by atoms with Gasteiger partial charge >= 0.3 is 0 Å². The molecule has 2 N–H and O–H groups in total. The van der Waals surface area contributed by atoms with Crippen LogP contribution >= 0.6 is 15.9 Å². The lowest BCUT2D eigenvalue weighted by Crippen LogP contribution is -2.32. The summed E-state index contributed by atoms with van der Waals surface area (Å²) in [5, 5.41) is 3.06. The minimum absolute atomic E-state index is 0.286. The normalized spacial score (nSPS) is 11.7. The maximum absolute atomic E-state index is 12.0. The van der Waals surface area contributed by atoms with Crippen molar-refractivity contribution in [3.8, 4) is 0 Å². The maximum Gasteiger partial charge on any atom is 0.241 e. The molecule has 0 aliphatic heterocycles. The Kier molecular flexibility index (Phi) is 5.58. The molecule has 96 valence electrons. The molecule has 0 aromatic heterocycles. The van der Waals surface area contributed by atoms with Crippen molar-refractivity contribution in [1.82, 2.24) is 10.0 Å². The van der Waals surface area contributed by atoms with Crippen molar-refractivity contribution in [1.29, 1.82) is 0 Å². The summed E-state index contributed by atoms with van der Waals surface area (Å²) in [5.74, 6) is 0. The van der Waals surface area contributed by atoms with Gasteiger partial charge in [0.05, 0.1) is 4.90 Å². The highest BCUT2D eigenvalue weighted by atomic mass is 79.9. The third-order valence-corrected chi connectivity index (χ3v) is 5.11. The van der Waals surface area contributed by atoms with Gasteiger partial charge in [0.2, 0.25) is 10.0 Å². The van der Waals surface area contributed by atoms with Crippen LogP contribution in [0.3, 0.4) is 0 Å². The third-order valence-electron chi connectivity index (χ3n) is 2.29. The predicted octanol–water partition coefficient (Wildman–Crippen LogP) is 1.65. The van der Waals surface area contributed by atoms with Gasteiger partial charge in [-0.25, -0.2) is 13.1 Å². The Hall–Kier alpha value is -0.430. The van der Waals surface area contributed by atoms with Crippen LogP contribution in [0.25, 0.3) is 0 Å². The molecule has 0 atom stereocenters. The molecule has 0 saturated carbocycles. The van der Waals surface area contributed by atoms with Crippen LogP contribution in [0.15, 0.2) is 27.6 Å². The highest BCUT2D eigenvalue weighted by Gasteiger charge is 2.17. The number of hydrogen-bond acceptors (Lipinski definition) is 3. The molecule has 0 aliphatic rings. The van der Waals surface area contributed by atoms with E-state index in [2.05, 4.69) is 26.0 Å². The van der Waals surface area contributed by atoms with Gasteiger partial charge in [0.1, 0.15) is 0 Å². The molecule has 1 aromatic carbocycles. The van der Waals surface area contributed by atoms with Crippen LogP contribution < -0.4 is 10.0 Å². The van der Waals surface area contributed by atoms with E-state index in [9.17, 15) is 8.42 Å². The van der Waals surface area contributed by atoms with Gasteiger partial charge in [-0.1, -0.05) is 19.1 Å². The molecule has 0 spiro atoms. The lowest BCUT2D eigenvalue weighted by atomic mass is 10.2. The molecule has 0 radical (unpaired) electrons. The molecule has 0 saturated heterocycles. The van der Waals surface area contributed by atoms with Crippen LogP contribution in [0, 0.1) is 6.92 Å². The second kappa shape index (κ2) is 6.49. The molecular formula is C11H17BrN2O2S. The van der Waals surface area contributed by atoms with Crippen molar-refractivity contribution < 1.29 is 8.42 Å². The Balaban J connectivity index is 2.79. The van der Waals surface area contributed by atoms with Crippen LogP contribution in [0.2, 0.25) is 0 Å². The first kappa shape index (κ1) is 14.6. The van der Waals surface area contributed by atoms with E-state index in [1.165, 1.54) is 0 Å². The zero-order valence-electron chi connectivity index (χ0n) is 9.96. The van der Waals surface area contributed by atoms with E-state index in [1.807, 2.05) is 19.9 Å². The second-order valence-corrected chi connectivity index (χ2v) is 6.17. The molecule has 0 unspecified atom stereocenters. The van der Waals surface area contributed by atoms with E-state index in [4.69, 9.17) is 0 Å². The van der Waals surface area contributed by atoms with E-state index >= 15 is 0 Å². The topological polar surface area (TPSA) is 58.2 Å². The summed E-state index contributed by atoms with van der Waals surface area (Å²) in [5.41, 5.74) is 0.902. The van der Waals surface area contributed by atoms with E-state index in [0.29, 0.717) is 17.6 Å². The fourth-order valence-corrected chi connectivity index (χ4v) is 3.44. The van der Waals surface area contributed by atoms with Gasteiger partial charge in [-0.05, 0) is 41.0 Å². The number of benzene rings is 1. The monoisotopic (exact) mass is 320 g/mol. The van der Waals surface area contributed by atoms with Gasteiger partial charge in [-0.3, -0.25) is 0 Å². The largest absolute Gasteiger partial charge is 0.316 e. The summed E-state index contributed by atoms with van der Waals surface area (Å²) in [6.45, 7) is 5.68. The Morgan fingerprint density at radius 2 is 2.00 bits per heavy atom. The Labute approximate surface area is 111 Å². The molecule has 4 nitrogen and oxygen atoms in total. The van der Waals surface area contributed by atoms with Gasteiger partial charge in [-0.2, -0.15) is 0 Å². The first-order chi connectivity index (χ1) is 7.99. The molecule has 1 aromatic rings. The van der Waals surface area contributed by atoms with Crippen LogP contribution in [0.1, 0.15) is 12.5 Å². The van der Waals surface area contributed by atoms with Crippen LogP contribution in [-0.2, 0) is 10.0 Å². The van der Waals surface area contributed by atoms with Crippen molar-refractivity contribution in [2.24, 2.45) is 0 Å². The quantitative estimate of drug-likeness (QED) is 0.783. The van der Waals surface area contributed by atoms with Gasteiger partial charge in [0.25, 0.3) is 0 Å². The Bertz CT molecular complexity index is 474. The SMILES string of the molecule is CCNCCNS(=O)(=O)c1cccc(C)c1Br. The van der Waals surface area contributed by atoms with E-state index < -0.39 is 10.0 Å². The lowest BCUT2D eigenvalue weighted by Gasteiger charge is -2.10. The van der Waals surface area contributed by atoms with Gasteiger partial charge < -0.3 is 5.32 Å². The number of hydrogen-bond donors (Lipinski definition) is 2. The first-order valence-corrected chi connectivity index (χ1v) is 7.72. The predicted molar refractivity (Wildman–Crippen MR) is 72.6 cm³/mol. The minimum Gasteiger partial charge on any atom is -0.316 e. The Morgan fingerprint density at radius 3 is 2.65 bits per heavy atom. The fraction of sp³-hybridized carbons (Fsp3) is 0.455. The number of likely N-dealkylation sites (N-methyl/N-ethyl adjacent to an activating group) is 1. The van der Waals surface area contributed by atoms with Crippen molar-refractivity contribution in [3.63, 3.8) is 0 Å². The maximum atomic E-state index is 12.0. The third kappa shape index (κ3) is 4.06. The van der Waals surface area contributed by atoms with Crippen molar-refractivity contribution in [2.75, 3.05) is 19.6 Å². The molecule has 0 bridgehead atoms. The first-order valence-electron chi connectivity index (χ1n) is 5.44. The number of halogens is 1. The van der Waals surface area contributed by atoms with Crippen molar-refractivity contribution in [3.05, 3.63) is 28.2 Å². The number of rotatable bonds is 6. The summed E-state index contributed by atoms with van der Waals surface area (Å²) in [6, 6.07) is 5.19. The number of nitrogens with one attached hydrogen (secondary N) is 2. The van der Waals surface area contributed by atoms with Gasteiger partial charge in [0.15, 0.2) is 0 Å². The molecule has 6 heteroatoms. The van der Waals surface area contributed by atoms with Crippen molar-refractivity contribution >= 4 is 26.0 Å². The summed E-state index contributed by atoms with van der Waals surface area (Å²) >= 11 is 3.30. The van der Waals surface area contributed by atoms with E-state index in [1.54, 1.807) is 12.1 Å². The molecule has 0 fully saturated rings. The van der Waals surface area contributed by atoms with Gasteiger partial charge in [0, 0.05) is 17.6 Å². The van der Waals surface area contributed by atoms with Gasteiger partial charge in [-0.15, -0.1) is 0 Å². The average molecular weight is 321 g/mol. The molecule has 17 heavy (non-hydrogen) atoms. The smallest absolute Gasteiger partial charge is 0.241 e. The van der Waals surface area contributed by atoms with Crippen LogP contribution in [0.4, 0.5) is 0 Å². The molecule has 0 heterocycles. The fourth-order valence-electron chi connectivity index (χ4n) is 1.36. The highest BCUT2D eigenvalue weighted by molar-refractivity contribution is 9.10. The molecule has 0 amide bonds. The van der Waals surface area contributed by atoms with E-state index in [0.717, 1.165) is 12.1 Å². The molecule has 1 rings (SSSR count). The summed E-state index contributed by atoms with van der Waals surface area (Å²) < 4.78 is 27.2. The summed E-state index contributed by atoms with van der Waals surface area (Å²) in [6.07, 6.45) is 0. The zero-order chi connectivity index (χ0) is 12.9. The minimum atomic E-state index is -3.43. The zero-order valence-corrected chi connectivity index (χ0v) is 12.4. The number of aryl methyl sites for hydroxylation is 1. The second-order valence-electron chi connectivity index (χ2n) is 3.64. The Morgan fingerprint density at radius 1 is 1.29 bits per heavy atom. The molecule has 0 aliphatic carbocycles.